The summed E-state index contributed by atoms with van der Waals surface area (Å²) in [4.78, 5) is 75.2. The standard InChI is InChI=1S/C36H19N3O6S2/c1-15-10-16(36(44)45)12-17(11-15)39-34(42)20-13-18-19(14-21(20)35(39)43)31(41)27-26(30(18)40)28-32(46-24-8-4-2-6-22(24)37-28)33-29(27)38-23-7-3-5-9-25(23)47-33/h2-14,37-38H,1H3,(H,44,45). The van der Waals surface area contributed by atoms with Crippen LogP contribution in [0.5, 0.6) is 0 Å². The second-order valence-corrected chi connectivity index (χ2v) is 13.6. The maximum atomic E-state index is 14.6. The van der Waals surface area contributed by atoms with Gasteiger partial charge in [0.25, 0.3) is 11.1 Å². The Morgan fingerprint density at radius 2 is 1.15 bits per heavy atom. The number of aromatic amines is 2. The number of hydrogen-bond donors (Lipinski definition) is 3. The van der Waals surface area contributed by atoms with Crippen LogP contribution in [-0.2, 0) is 0 Å². The number of fused-ring (bicyclic) bond motifs is 10. The number of carboxylic acids is 1. The molecule has 47 heavy (non-hydrogen) atoms. The number of nitrogens with one attached hydrogen (secondary N) is 2. The second kappa shape index (κ2) is 9.55. The average Bonchev–Trinajstić information content (AvgIpc) is 3.32. The Balaban J connectivity index is 1.49. The van der Waals surface area contributed by atoms with Gasteiger partial charge in [-0.25, -0.2) is 9.36 Å². The summed E-state index contributed by atoms with van der Waals surface area (Å²) in [5, 5.41) is 9.96. The van der Waals surface area contributed by atoms with Gasteiger partial charge in [0, 0.05) is 10.8 Å². The molecular weight excluding hydrogens is 635 g/mol. The molecule has 0 aliphatic heterocycles. The third-order valence-electron chi connectivity index (χ3n) is 8.66. The molecule has 0 aliphatic carbocycles. The van der Waals surface area contributed by atoms with Crippen molar-refractivity contribution in [3.05, 3.63) is 131 Å². The summed E-state index contributed by atoms with van der Waals surface area (Å²) < 4.78 is 4.45. The van der Waals surface area contributed by atoms with Gasteiger partial charge in [-0.2, -0.15) is 0 Å². The van der Waals surface area contributed by atoms with Crippen LogP contribution in [0.1, 0.15) is 15.9 Å². The molecule has 0 fully saturated rings. The molecule has 0 aliphatic rings. The topological polar surface area (TPSA) is 142 Å². The molecule has 0 bridgehead atoms. The maximum absolute atomic E-state index is 14.6. The lowest BCUT2D eigenvalue weighted by Gasteiger charge is -2.12. The van der Waals surface area contributed by atoms with Gasteiger partial charge in [0.2, 0.25) is 0 Å². The van der Waals surface area contributed by atoms with E-state index in [1.54, 1.807) is 13.0 Å². The Bertz CT molecular complexity index is 2990. The highest BCUT2D eigenvalue weighted by Gasteiger charge is 2.23. The molecule has 3 N–H and O–H groups in total. The summed E-state index contributed by atoms with van der Waals surface area (Å²) in [6.07, 6.45) is 0. The number of aromatic carboxylic acids is 1. The summed E-state index contributed by atoms with van der Waals surface area (Å²) in [5.74, 6) is -1.20. The number of carbonyl (C=O) groups is 1. The van der Waals surface area contributed by atoms with Crippen LogP contribution in [-0.4, -0.2) is 25.6 Å². The molecule has 6 aromatic carbocycles. The van der Waals surface area contributed by atoms with E-state index in [-0.39, 0.29) is 43.6 Å². The predicted molar refractivity (Wildman–Crippen MR) is 190 cm³/mol. The normalized spacial score (nSPS) is 12.0. The SMILES string of the molecule is Cc1cc(C(=O)O)cc(-n2c(=O)c3cc4c(=O)c5c6[nH]c7ccccc7sc6c6sc7ccccc7[nH]c6c5c(=O)c4cc3c2=O)c1. The van der Waals surface area contributed by atoms with Crippen molar-refractivity contribution in [2.45, 2.75) is 6.92 Å². The van der Waals surface area contributed by atoms with Crippen LogP contribution >= 0.6 is 22.7 Å². The maximum Gasteiger partial charge on any atom is 0.335 e. The molecule has 0 amide bonds. The first-order valence-corrected chi connectivity index (χ1v) is 16.2. The van der Waals surface area contributed by atoms with E-state index < -0.39 is 27.9 Å². The van der Waals surface area contributed by atoms with Crippen molar-refractivity contribution in [3.8, 4) is 5.69 Å². The monoisotopic (exact) mass is 653 g/mol. The van der Waals surface area contributed by atoms with Gasteiger partial charge in [-0.3, -0.25) is 19.2 Å². The Hall–Kier alpha value is -5.91. The van der Waals surface area contributed by atoms with Crippen molar-refractivity contribution >= 4 is 102 Å². The van der Waals surface area contributed by atoms with Crippen LogP contribution in [0.15, 0.2) is 98.0 Å². The van der Waals surface area contributed by atoms with Gasteiger partial charge in [-0.1, -0.05) is 24.3 Å². The molecule has 11 heteroatoms. The van der Waals surface area contributed by atoms with E-state index in [1.807, 2.05) is 48.5 Å². The van der Waals surface area contributed by atoms with Gasteiger partial charge in [-0.15, -0.1) is 22.7 Å². The molecule has 9 nitrogen and oxygen atoms in total. The molecular formula is C36H19N3O6S2. The highest BCUT2D eigenvalue weighted by Crippen LogP contribution is 2.40. The first kappa shape index (κ1) is 27.4. The molecule has 9 rings (SSSR count). The zero-order chi connectivity index (χ0) is 32.3. The minimum absolute atomic E-state index is 0.0244. The van der Waals surface area contributed by atoms with Crippen molar-refractivity contribution in [3.63, 3.8) is 0 Å². The van der Waals surface area contributed by atoms with Crippen LogP contribution in [0.25, 0.3) is 78.9 Å². The zero-order valence-corrected chi connectivity index (χ0v) is 25.9. The number of hydrogen-bond acceptors (Lipinski definition) is 7. The quantitative estimate of drug-likeness (QED) is 0.139. The summed E-state index contributed by atoms with van der Waals surface area (Å²) in [7, 11) is 0. The third-order valence-corrected chi connectivity index (χ3v) is 11.2. The minimum atomic E-state index is -1.20. The van der Waals surface area contributed by atoms with Crippen LogP contribution in [0.4, 0.5) is 0 Å². The van der Waals surface area contributed by atoms with Crippen LogP contribution < -0.4 is 22.0 Å². The molecule has 226 valence electrons. The van der Waals surface area contributed by atoms with E-state index in [2.05, 4.69) is 9.97 Å². The minimum Gasteiger partial charge on any atom is -0.478 e. The number of para-hydroxylation sites is 2. The van der Waals surface area contributed by atoms with Crippen molar-refractivity contribution in [1.82, 2.24) is 14.5 Å². The fourth-order valence-electron chi connectivity index (χ4n) is 6.58. The van der Waals surface area contributed by atoms with Crippen molar-refractivity contribution in [1.29, 1.82) is 0 Å². The number of nitrogens with zero attached hydrogens (tertiary/aromatic N) is 1. The predicted octanol–water partition coefficient (Wildman–Crippen LogP) is 6.78. The molecule has 0 spiro atoms. The molecule has 0 saturated heterocycles. The fourth-order valence-corrected chi connectivity index (χ4v) is 8.92. The van der Waals surface area contributed by atoms with Gasteiger partial charge in [-0.05, 0) is 67.1 Å². The van der Waals surface area contributed by atoms with Crippen molar-refractivity contribution in [2.24, 2.45) is 0 Å². The van der Waals surface area contributed by atoms with E-state index in [9.17, 15) is 29.1 Å². The van der Waals surface area contributed by atoms with E-state index in [0.29, 0.717) is 16.6 Å². The number of aryl methyl sites for hydroxylation is 1. The lowest BCUT2D eigenvalue weighted by atomic mass is 9.98. The van der Waals surface area contributed by atoms with Gasteiger partial charge >= 0.3 is 5.97 Å². The van der Waals surface area contributed by atoms with Crippen LogP contribution in [0.2, 0.25) is 0 Å². The number of carboxylic acid groups (broad SMARTS) is 1. The van der Waals surface area contributed by atoms with Gasteiger partial charge in [0.15, 0.2) is 10.9 Å². The highest BCUT2D eigenvalue weighted by molar-refractivity contribution is 7.32. The third kappa shape index (κ3) is 3.78. The van der Waals surface area contributed by atoms with Crippen molar-refractivity contribution < 1.29 is 9.90 Å². The van der Waals surface area contributed by atoms with Crippen LogP contribution in [0, 0.1) is 6.92 Å². The Labute approximate surface area is 269 Å². The van der Waals surface area contributed by atoms with Crippen molar-refractivity contribution in [2.75, 3.05) is 0 Å². The molecule has 0 unspecified atom stereocenters. The Kier molecular flexibility index (Phi) is 5.57. The van der Waals surface area contributed by atoms with E-state index >= 15 is 0 Å². The Morgan fingerprint density at radius 3 is 1.64 bits per heavy atom. The van der Waals surface area contributed by atoms with Gasteiger partial charge in [0.05, 0.1) is 73.7 Å². The largest absolute Gasteiger partial charge is 0.478 e. The summed E-state index contributed by atoms with van der Waals surface area (Å²) >= 11 is 3.04. The molecule has 3 aromatic heterocycles. The first-order valence-electron chi connectivity index (χ1n) is 14.5. The second-order valence-electron chi connectivity index (χ2n) is 11.5. The fraction of sp³-hybridized carbons (Fsp3) is 0.0278. The number of H-pyrrole nitrogens is 2. The van der Waals surface area contributed by atoms with Crippen LogP contribution in [0.3, 0.4) is 0 Å². The highest BCUT2D eigenvalue weighted by atomic mass is 32.1. The molecule has 3 heterocycles. The smallest absolute Gasteiger partial charge is 0.335 e. The van der Waals surface area contributed by atoms with E-state index in [4.69, 9.17) is 0 Å². The van der Waals surface area contributed by atoms with Gasteiger partial charge < -0.3 is 15.1 Å². The zero-order valence-electron chi connectivity index (χ0n) is 24.3. The molecule has 0 atom stereocenters. The Morgan fingerprint density at radius 1 is 0.660 bits per heavy atom. The van der Waals surface area contributed by atoms with Gasteiger partial charge in [0.1, 0.15) is 0 Å². The molecule has 0 saturated carbocycles. The van der Waals surface area contributed by atoms with E-state index in [0.717, 1.165) is 34.4 Å². The summed E-state index contributed by atoms with van der Waals surface area (Å²) in [6.45, 7) is 1.66. The first-order chi connectivity index (χ1) is 22.7. The lowest BCUT2D eigenvalue weighted by Crippen LogP contribution is -2.23. The summed E-state index contributed by atoms with van der Waals surface area (Å²) in [5.41, 5.74) is 0.903. The molecule has 9 aromatic rings. The average molecular weight is 654 g/mol. The number of benzene rings is 6. The number of rotatable bonds is 2. The van der Waals surface area contributed by atoms with E-state index in [1.165, 1.54) is 46.9 Å². The number of aromatic nitrogens is 3. The molecule has 0 radical (unpaired) electrons. The summed E-state index contributed by atoms with van der Waals surface area (Å²) in [6, 6.07) is 22.4. The lowest BCUT2D eigenvalue weighted by molar-refractivity contribution is 0.0696.